The molecule has 2 heterocycles. The van der Waals surface area contributed by atoms with E-state index in [1.165, 1.54) is 4.90 Å². The summed E-state index contributed by atoms with van der Waals surface area (Å²) in [6.45, 7) is 2.78. The molecular formula is C12H16ClN3O3. The standard InChI is InChI=1S/C12H16ClN3O3/c1-2-14-10-4-3-7(13)11(15-10)12(19)16-5-8(17)9(18)6-16/h3-4,8-9,17-18H,2,5-6H2,1H3,(H,14,15). The molecule has 2 unspecified atom stereocenters. The molecule has 3 N–H and O–H groups in total. The van der Waals surface area contributed by atoms with E-state index in [2.05, 4.69) is 10.3 Å². The maximum absolute atomic E-state index is 12.2. The van der Waals surface area contributed by atoms with Gasteiger partial charge in [-0.05, 0) is 19.1 Å². The minimum absolute atomic E-state index is 0.0867. The minimum Gasteiger partial charge on any atom is -0.388 e. The van der Waals surface area contributed by atoms with Crippen molar-refractivity contribution in [3.05, 3.63) is 22.8 Å². The van der Waals surface area contributed by atoms with E-state index in [1.54, 1.807) is 12.1 Å². The van der Waals surface area contributed by atoms with E-state index in [9.17, 15) is 15.0 Å². The summed E-state index contributed by atoms with van der Waals surface area (Å²) >= 11 is 5.98. The normalized spacial score (nSPS) is 22.6. The number of amides is 1. The van der Waals surface area contributed by atoms with Crippen LogP contribution < -0.4 is 5.32 Å². The van der Waals surface area contributed by atoms with Gasteiger partial charge in [0.2, 0.25) is 0 Å². The van der Waals surface area contributed by atoms with E-state index in [1.807, 2.05) is 6.92 Å². The molecule has 1 aliphatic rings. The summed E-state index contributed by atoms with van der Waals surface area (Å²) in [6, 6.07) is 3.29. The number of rotatable bonds is 3. The quantitative estimate of drug-likeness (QED) is 0.746. The Kier molecular flexibility index (Phi) is 4.24. The van der Waals surface area contributed by atoms with Gasteiger partial charge < -0.3 is 20.4 Å². The fourth-order valence-corrected chi connectivity index (χ4v) is 2.14. The minimum atomic E-state index is -0.917. The van der Waals surface area contributed by atoms with Crippen molar-refractivity contribution in [3.63, 3.8) is 0 Å². The van der Waals surface area contributed by atoms with Gasteiger partial charge in [-0.3, -0.25) is 4.79 Å². The molecular weight excluding hydrogens is 270 g/mol. The highest BCUT2D eigenvalue weighted by molar-refractivity contribution is 6.33. The maximum atomic E-state index is 12.2. The zero-order valence-electron chi connectivity index (χ0n) is 10.5. The maximum Gasteiger partial charge on any atom is 0.274 e. The second-order valence-corrected chi connectivity index (χ2v) is 4.81. The molecule has 6 nitrogen and oxygen atoms in total. The van der Waals surface area contributed by atoms with Crippen LogP contribution in [0.3, 0.4) is 0 Å². The van der Waals surface area contributed by atoms with Crippen molar-refractivity contribution in [1.29, 1.82) is 0 Å². The van der Waals surface area contributed by atoms with Gasteiger partial charge in [0, 0.05) is 19.6 Å². The van der Waals surface area contributed by atoms with Crippen LogP contribution in [0.25, 0.3) is 0 Å². The summed E-state index contributed by atoms with van der Waals surface area (Å²) in [5.41, 5.74) is 0.126. The summed E-state index contributed by atoms with van der Waals surface area (Å²) in [5, 5.41) is 22.2. The highest BCUT2D eigenvalue weighted by atomic mass is 35.5. The van der Waals surface area contributed by atoms with Crippen molar-refractivity contribution in [2.45, 2.75) is 19.1 Å². The van der Waals surface area contributed by atoms with Crippen LogP contribution in [0.5, 0.6) is 0 Å². The van der Waals surface area contributed by atoms with Gasteiger partial charge in [0.05, 0.1) is 17.2 Å². The molecule has 1 fully saturated rings. The van der Waals surface area contributed by atoms with E-state index in [0.29, 0.717) is 12.4 Å². The van der Waals surface area contributed by atoms with Gasteiger partial charge >= 0.3 is 0 Å². The highest BCUT2D eigenvalue weighted by Gasteiger charge is 2.34. The van der Waals surface area contributed by atoms with Crippen LogP contribution in [-0.2, 0) is 0 Å². The number of aromatic nitrogens is 1. The molecule has 0 aromatic carbocycles. The van der Waals surface area contributed by atoms with Gasteiger partial charge in [0.25, 0.3) is 5.91 Å². The molecule has 0 saturated carbocycles. The lowest BCUT2D eigenvalue weighted by atomic mass is 10.3. The number of halogens is 1. The predicted molar refractivity (Wildman–Crippen MR) is 71.3 cm³/mol. The van der Waals surface area contributed by atoms with Crippen LogP contribution in [0.1, 0.15) is 17.4 Å². The van der Waals surface area contributed by atoms with Crippen molar-refractivity contribution in [1.82, 2.24) is 9.88 Å². The van der Waals surface area contributed by atoms with E-state index < -0.39 is 12.2 Å². The lowest BCUT2D eigenvalue weighted by Crippen LogP contribution is -2.31. The molecule has 0 spiro atoms. The molecule has 2 atom stereocenters. The van der Waals surface area contributed by atoms with Gasteiger partial charge in [-0.25, -0.2) is 4.98 Å². The number of carbonyl (C=O) groups excluding carboxylic acids is 1. The summed E-state index contributed by atoms with van der Waals surface area (Å²) < 4.78 is 0. The molecule has 1 saturated heterocycles. The molecule has 104 valence electrons. The van der Waals surface area contributed by atoms with E-state index in [4.69, 9.17) is 11.6 Å². The molecule has 19 heavy (non-hydrogen) atoms. The largest absolute Gasteiger partial charge is 0.388 e. The molecule has 0 aliphatic carbocycles. The molecule has 1 aromatic rings. The number of aliphatic hydroxyl groups excluding tert-OH is 2. The van der Waals surface area contributed by atoms with Gasteiger partial charge in [0.1, 0.15) is 11.5 Å². The number of nitrogens with one attached hydrogen (secondary N) is 1. The smallest absolute Gasteiger partial charge is 0.274 e. The first-order valence-electron chi connectivity index (χ1n) is 6.08. The van der Waals surface area contributed by atoms with Crippen LogP contribution in [0, 0.1) is 0 Å². The first-order chi connectivity index (χ1) is 9.02. The van der Waals surface area contributed by atoms with Crippen molar-refractivity contribution in [2.24, 2.45) is 0 Å². The number of anilines is 1. The van der Waals surface area contributed by atoms with Crippen LogP contribution in [0.15, 0.2) is 12.1 Å². The molecule has 1 aromatic heterocycles. The summed E-state index contributed by atoms with van der Waals surface area (Å²) in [7, 11) is 0. The number of aliphatic hydroxyl groups is 2. The van der Waals surface area contributed by atoms with Gasteiger partial charge in [-0.2, -0.15) is 0 Å². The number of likely N-dealkylation sites (tertiary alicyclic amines) is 1. The number of carbonyl (C=O) groups is 1. The Morgan fingerprint density at radius 3 is 2.68 bits per heavy atom. The molecule has 1 aliphatic heterocycles. The van der Waals surface area contributed by atoms with E-state index in [-0.39, 0.29) is 29.7 Å². The Balaban J connectivity index is 2.21. The van der Waals surface area contributed by atoms with Gasteiger partial charge in [-0.1, -0.05) is 11.6 Å². The van der Waals surface area contributed by atoms with Crippen molar-refractivity contribution < 1.29 is 15.0 Å². The third-order valence-electron chi connectivity index (χ3n) is 2.95. The Bertz CT molecular complexity index is 473. The molecule has 1 amide bonds. The number of hydrogen-bond acceptors (Lipinski definition) is 5. The average molecular weight is 286 g/mol. The van der Waals surface area contributed by atoms with Crippen molar-refractivity contribution >= 4 is 23.3 Å². The summed E-state index contributed by atoms with van der Waals surface area (Å²) in [6.07, 6.45) is -1.83. The Hall–Kier alpha value is -1.37. The second-order valence-electron chi connectivity index (χ2n) is 4.40. The number of β-amino-alcohol motifs (C(OH)–C–C–N with tert-alkyl or cyclic N) is 2. The van der Waals surface area contributed by atoms with Gasteiger partial charge in [-0.15, -0.1) is 0 Å². The average Bonchev–Trinajstić information content (AvgIpc) is 2.71. The SMILES string of the molecule is CCNc1ccc(Cl)c(C(=O)N2CC(O)C(O)C2)n1. The third-order valence-corrected chi connectivity index (χ3v) is 3.26. The van der Waals surface area contributed by atoms with E-state index >= 15 is 0 Å². The zero-order valence-corrected chi connectivity index (χ0v) is 11.3. The Morgan fingerprint density at radius 1 is 1.47 bits per heavy atom. The topological polar surface area (TPSA) is 85.7 Å². The number of nitrogens with zero attached hydrogens (tertiary/aromatic N) is 2. The lowest BCUT2D eigenvalue weighted by Gasteiger charge is -2.16. The van der Waals surface area contributed by atoms with Crippen LogP contribution in [0.4, 0.5) is 5.82 Å². The Labute approximate surface area is 116 Å². The number of hydrogen-bond donors (Lipinski definition) is 3. The van der Waals surface area contributed by atoms with Crippen molar-refractivity contribution in [3.8, 4) is 0 Å². The monoisotopic (exact) mass is 285 g/mol. The molecule has 0 bridgehead atoms. The lowest BCUT2D eigenvalue weighted by molar-refractivity contribution is 0.0572. The first kappa shape index (κ1) is 14.0. The molecule has 7 heteroatoms. The summed E-state index contributed by atoms with van der Waals surface area (Å²) in [5.74, 6) is 0.177. The van der Waals surface area contributed by atoms with E-state index in [0.717, 1.165) is 0 Å². The molecule has 2 rings (SSSR count). The summed E-state index contributed by atoms with van der Waals surface area (Å²) in [4.78, 5) is 17.7. The van der Waals surface area contributed by atoms with Crippen LogP contribution in [-0.4, -0.2) is 57.8 Å². The molecule has 0 radical (unpaired) electrons. The fourth-order valence-electron chi connectivity index (χ4n) is 1.96. The third kappa shape index (κ3) is 2.97. The fraction of sp³-hybridized carbons (Fsp3) is 0.500. The van der Waals surface area contributed by atoms with Crippen LogP contribution in [0.2, 0.25) is 5.02 Å². The number of pyridine rings is 1. The van der Waals surface area contributed by atoms with Crippen molar-refractivity contribution in [2.75, 3.05) is 25.0 Å². The predicted octanol–water partition coefficient (Wildman–Crippen LogP) is 0.344. The zero-order chi connectivity index (χ0) is 14.0. The second kappa shape index (κ2) is 5.73. The van der Waals surface area contributed by atoms with Gasteiger partial charge in [0.15, 0.2) is 0 Å². The highest BCUT2D eigenvalue weighted by Crippen LogP contribution is 2.21. The first-order valence-corrected chi connectivity index (χ1v) is 6.46. The van der Waals surface area contributed by atoms with Crippen LogP contribution >= 0.6 is 11.6 Å². The Morgan fingerprint density at radius 2 is 2.11 bits per heavy atom.